The maximum atomic E-state index is 12.5. The van der Waals surface area contributed by atoms with Crippen LogP contribution in [0.4, 0.5) is 16.2 Å². The third kappa shape index (κ3) is 5.07. The number of methoxy groups -OCH3 is 2. The minimum absolute atomic E-state index is 0.0219. The molecule has 2 aliphatic rings. The molecule has 0 unspecified atom stereocenters. The second-order valence-corrected chi connectivity index (χ2v) is 9.40. The Balaban J connectivity index is 1.42. The predicted molar refractivity (Wildman–Crippen MR) is 125 cm³/mol. The smallest absolute Gasteiger partial charge is 0.414 e. The highest BCUT2D eigenvalue weighted by atomic mass is 35.5. The molecule has 0 radical (unpaired) electrons. The summed E-state index contributed by atoms with van der Waals surface area (Å²) in [5.41, 5.74) is 1.23. The Kier molecular flexibility index (Phi) is 7.06. The molecule has 11 heteroatoms. The Bertz CT molecular complexity index is 1060. The summed E-state index contributed by atoms with van der Waals surface area (Å²) in [6.45, 7) is 0.959. The Morgan fingerprint density at radius 3 is 2.73 bits per heavy atom. The number of hydrogen-bond donors (Lipinski definition) is 1. The van der Waals surface area contributed by atoms with Gasteiger partial charge in [0.15, 0.2) is 0 Å². The highest BCUT2D eigenvalue weighted by molar-refractivity contribution is 7.18. The second kappa shape index (κ2) is 9.98. The molecule has 9 nitrogen and oxygen atoms in total. The molecule has 176 valence electrons. The Labute approximate surface area is 200 Å². The minimum Gasteiger partial charge on any atom is -0.494 e. The summed E-state index contributed by atoms with van der Waals surface area (Å²) in [4.78, 5) is 40.9. The van der Waals surface area contributed by atoms with Crippen LogP contribution in [0.5, 0.6) is 5.75 Å². The number of anilines is 2. The standard InChI is InChI=1S/C22H24ClN3O6S/c1-30-14-7-8-25(20(27)10-14)13-3-4-16(17(9-13)31-2)26-12-15(32-22(26)29)11-24-21(28)18-5-6-19(23)33-18/h3-6,9,14-15H,7-8,10-12H2,1-2H3,(H,24,28)/t14-,15+/m1/s1. The van der Waals surface area contributed by atoms with Gasteiger partial charge in [-0.15, -0.1) is 11.3 Å². The summed E-state index contributed by atoms with van der Waals surface area (Å²) in [6, 6.07) is 8.56. The highest BCUT2D eigenvalue weighted by Crippen LogP contribution is 2.36. The number of piperidine rings is 1. The van der Waals surface area contributed by atoms with Gasteiger partial charge in [-0.3, -0.25) is 14.5 Å². The van der Waals surface area contributed by atoms with Crippen molar-refractivity contribution >= 4 is 52.2 Å². The summed E-state index contributed by atoms with van der Waals surface area (Å²) in [7, 11) is 3.11. The van der Waals surface area contributed by atoms with Gasteiger partial charge in [-0.05, 0) is 30.7 Å². The molecule has 1 aromatic carbocycles. The summed E-state index contributed by atoms with van der Waals surface area (Å²) in [6.07, 6.45) is -0.0455. The van der Waals surface area contributed by atoms with Gasteiger partial charge >= 0.3 is 6.09 Å². The molecule has 0 spiro atoms. The van der Waals surface area contributed by atoms with Gasteiger partial charge in [0.1, 0.15) is 11.9 Å². The molecule has 2 saturated heterocycles. The van der Waals surface area contributed by atoms with E-state index in [1.165, 1.54) is 23.3 Å². The topological polar surface area (TPSA) is 97.4 Å². The fourth-order valence-electron chi connectivity index (χ4n) is 3.89. The molecular formula is C22H24ClN3O6S. The number of cyclic esters (lactones) is 1. The number of halogens is 1. The first-order valence-corrected chi connectivity index (χ1v) is 11.6. The number of benzene rings is 1. The van der Waals surface area contributed by atoms with E-state index < -0.39 is 12.2 Å². The average molecular weight is 494 g/mol. The van der Waals surface area contributed by atoms with Gasteiger partial charge < -0.3 is 24.4 Å². The predicted octanol–water partition coefficient (Wildman–Crippen LogP) is 3.31. The van der Waals surface area contributed by atoms with Gasteiger partial charge in [-0.1, -0.05) is 11.6 Å². The molecule has 2 atom stereocenters. The van der Waals surface area contributed by atoms with Gasteiger partial charge in [0, 0.05) is 25.4 Å². The highest BCUT2D eigenvalue weighted by Gasteiger charge is 2.35. The van der Waals surface area contributed by atoms with Crippen molar-refractivity contribution in [2.24, 2.45) is 0 Å². The number of nitrogens with one attached hydrogen (secondary N) is 1. The normalized spacial score (nSPS) is 20.7. The molecule has 2 aromatic rings. The Hall–Kier alpha value is -2.82. The van der Waals surface area contributed by atoms with Crippen LogP contribution in [-0.4, -0.2) is 64.0 Å². The minimum atomic E-state index is -0.531. The van der Waals surface area contributed by atoms with E-state index in [4.69, 9.17) is 25.8 Å². The lowest BCUT2D eigenvalue weighted by atomic mass is 10.1. The van der Waals surface area contributed by atoms with Crippen molar-refractivity contribution in [1.29, 1.82) is 0 Å². The third-order valence-electron chi connectivity index (χ3n) is 5.64. The summed E-state index contributed by atoms with van der Waals surface area (Å²) >= 11 is 7.05. The number of ether oxygens (including phenoxy) is 3. The van der Waals surface area contributed by atoms with Gasteiger partial charge in [-0.25, -0.2) is 4.79 Å². The summed E-state index contributed by atoms with van der Waals surface area (Å²) in [5, 5.41) is 2.76. The van der Waals surface area contributed by atoms with Crippen LogP contribution >= 0.6 is 22.9 Å². The number of carbonyl (C=O) groups is 3. The second-order valence-electron chi connectivity index (χ2n) is 7.68. The summed E-state index contributed by atoms with van der Waals surface area (Å²) in [5.74, 6) is 0.153. The average Bonchev–Trinajstić information content (AvgIpc) is 3.42. The summed E-state index contributed by atoms with van der Waals surface area (Å²) < 4.78 is 16.8. The van der Waals surface area contributed by atoms with Crippen LogP contribution in [-0.2, 0) is 14.3 Å². The maximum Gasteiger partial charge on any atom is 0.414 e. The molecule has 2 aliphatic heterocycles. The zero-order chi connectivity index (χ0) is 23.5. The molecule has 0 saturated carbocycles. The zero-order valence-electron chi connectivity index (χ0n) is 18.2. The van der Waals surface area contributed by atoms with Crippen LogP contribution in [0.15, 0.2) is 30.3 Å². The van der Waals surface area contributed by atoms with Crippen LogP contribution in [0, 0.1) is 0 Å². The monoisotopic (exact) mass is 493 g/mol. The van der Waals surface area contributed by atoms with E-state index in [1.54, 1.807) is 42.3 Å². The first-order chi connectivity index (χ1) is 15.9. The lowest BCUT2D eigenvalue weighted by molar-refractivity contribution is -0.122. The number of amides is 3. The van der Waals surface area contributed by atoms with E-state index in [2.05, 4.69) is 5.32 Å². The van der Waals surface area contributed by atoms with E-state index in [0.717, 1.165) is 6.42 Å². The van der Waals surface area contributed by atoms with Crippen LogP contribution in [0.2, 0.25) is 4.34 Å². The van der Waals surface area contributed by atoms with E-state index in [-0.39, 0.29) is 31.0 Å². The fourth-order valence-corrected chi connectivity index (χ4v) is 4.85. The number of hydrogen-bond acceptors (Lipinski definition) is 7. The molecule has 1 N–H and O–H groups in total. The fraction of sp³-hybridized carbons (Fsp3) is 0.409. The molecule has 0 bridgehead atoms. The molecule has 0 aliphatic carbocycles. The quantitative estimate of drug-likeness (QED) is 0.635. The van der Waals surface area contributed by atoms with Gasteiger partial charge in [0.25, 0.3) is 5.91 Å². The number of nitrogens with zero attached hydrogens (tertiary/aromatic N) is 2. The van der Waals surface area contributed by atoms with Gasteiger partial charge in [-0.2, -0.15) is 0 Å². The van der Waals surface area contributed by atoms with E-state index in [9.17, 15) is 14.4 Å². The van der Waals surface area contributed by atoms with Crippen molar-refractivity contribution in [3.63, 3.8) is 0 Å². The van der Waals surface area contributed by atoms with Crippen molar-refractivity contribution in [2.45, 2.75) is 25.0 Å². The van der Waals surface area contributed by atoms with Gasteiger partial charge in [0.05, 0.1) is 47.6 Å². The lowest BCUT2D eigenvalue weighted by Gasteiger charge is -2.31. The molecule has 2 fully saturated rings. The van der Waals surface area contributed by atoms with E-state index in [0.29, 0.717) is 39.3 Å². The van der Waals surface area contributed by atoms with Crippen LogP contribution in [0.25, 0.3) is 0 Å². The lowest BCUT2D eigenvalue weighted by Crippen LogP contribution is -2.41. The van der Waals surface area contributed by atoms with Crippen LogP contribution in [0.3, 0.4) is 0 Å². The van der Waals surface area contributed by atoms with Crippen molar-refractivity contribution in [2.75, 3.05) is 43.7 Å². The molecule has 1 aromatic heterocycles. The Morgan fingerprint density at radius 2 is 2.06 bits per heavy atom. The first-order valence-electron chi connectivity index (χ1n) is 10.4. The van der Waals surface area contributed by atoms with Crippen molar-refractivity contribution in [1.82, 2.24) is 5.32 Å². The van der Waals surface area contributed by atoms with E-state index >= 15 is 0 Å². The first kappa shape index (κ1) is 23.3. The maximum absolute atomic E-state index is 12.5. The van der Waals surface area contributed by atoms with Gasteiger partial charge in [0.2, 0.25) is 5.91 Å². The Morgan fingerprint density at radius 1 is 1.24 bits per heavy atom. The largest absolute Gasteiger partial charge is 0.494 e. The molecule has 33 heavy (non-hydrogen) atoms. The van der Waals surface area contributed by atoms with Crippen LogP contribution < -0.4 is 19.9 Å². The molecule has 3 amide bonds. The molecular weight excluding hydrogens is 470 g/mol. The van der Waals surface area contributed by atoms with Crippen molar-refractivity contribution in [3.05, 3.63) is 39.5 Å². The molecule has 4 rings (SSSR count). The third-order valence-corrected chi connectivity index (χ3v) is 6.87. The SMILES string of the molecule is COc1cc(N2CC[C@@H](OC)CC2=O)ccc1N1C[C@H](CNC(=O)c2ccc(Cl)s2)OC1=O. The zero-order valence-corrected chi connectivity index (χ0v) is 19.8. The van der Waals surface area contributed by atoms with Crippen molar-refractivity contribution in [3.8, 4) is 5.75 Å². The van der Waals surface area contributed by atoms with E-state index in [1.807, 2.05) is 0 Å². The van der Waals surface area contributed by atoms with Crippen molar-refractivity contribution < 1.29 is 28.6 Å². The van der Waals surface area contributed by atoms with Crippen LogP contribution in [0.1, 0.15) is 22.5 Å². The molecule has 3 heterocycles. The number of thiophene rings is 1. The number of carbonyl (C=O) groups excluding carboxylic acids is 3. The number of rotatable bonds is 7.